The van der Waals surface area contributed by atoms with Gasteiger partial charge in [-0.2, -0.15) is 0 Å². The molecule has 0 heterocycles. The van der Waals surface area contributed by atoms with Crippen LogP contribution in [0, 0.1) is 0 Å². The van der Waals surface area contributed by atoms with E-state index in [2.05, 4.69) is 142 Å². The van der Waals surface area contributed by atoms with Crippen molar-refractivity contribution in [3.8, 4) is 0 Å². The van der Waals surface area contributed by atoms with Crippen molar-refractivity contribution in [3.63, 3.8) is 0 Å². The lowest BCUT2D eigenvalue weighted by molar-refractivity contribution is -0.139. The molecule has 0 saturated carbocycles. The van der Waals surface area contributed by atoms with Gasteiger partial charge in [0.25, 0.3) is 8.32 Å². The molecule has 0 aliphatic heterocycles. The van der Waals surface area contributed by atoms with Crippen LogP contribution < -0.4 is 10.4 Å². The van der Waals surface area contributed by atoms with E-state index in [1.807, 2.05) is 0 Å². The van der Waals surface area contributed by atoms with Gasteiger partial charge >= 0.3 is 11.9 Å². The predicted octanol–water partition coefficient (Wildman–Crippen LogP) is 9.69. The predicted molar refractivity (Wildman–Crippen MR) is 221 cm³/mol. The second-order valence-corrected chi connectivity index (χ2v) is 28.9. The van der Waals surface area contributed by atoms with Crippen molar-refractivity contribution in [1.82, 2.24) is 0 Å². The average Bonchev–Trinajstić information content (AvgIpc) is 3.10. The van der Waals surface area contributed by atoms with Gasteiger partial charge in [0.15, 0.2) is 8.32 Å². The Hall–Kier alpha value is -2.57. The second kappa shape index (κ2) is 19.0. The Kier molecular flexibility index (Phi) is 16.6. The minimum absolute atomic E-state index is 0.0500. The topological polar surface area (TPSA) is 71.1 Å². The van der Waals surface area contributed by atoms with Crippen molar-refractivity contribution in [2.45, 2.75) is 142 Å². The van der Waals surface area contributed by atoms with E-state index in [9.17, 15) is 9.59 Å². The summed E-state index contributed by atoms with van der Waals surface area (Å²) in [5.74, 6) is -0.716. The summed E-state index contributed by atoms with van der Waals surface area (Å²) in [6, 6.07) is 21.8. The molecule has 2 aromatic carbocycles. The van der Waals surface area contributed by atoms with E-state index in [4.69, 9.17) is 18.3 Å². The number of hydrogen-bond acceptors (Lipinski definition) is 6. The molecule has 0 bridgehead atoms. The van der Waals surface area contributed by atoms with Crippen LogP contribution in [-0.4, -0.2) is 60.8 Å². The molecule has 0 aliphatic rings. The summed E-state index contributed by atoms with van der Waals surface area (Å²) in [4.78, 5) is 25.2. The summed E-state index contributed by atoms with van der Waals surface area (Å²) >= 11 is 0. The lowest BCUT2D eigenvalue weighted by atomic mass is 9.94. The van der Waals surface area contributed by atoms with Crippen LogP contribution in [0.4, 0.5) is 0 Å². The van der Waals surface area contributed by atoms with Crippen molar-refractivity contribution < 1.29 is 27.9 Å². The first-order valence-corrected chi connectivity index (χ1v) is 27.1. The van der Waals surface area contributed by atoms with E-state index < -0.39 is 35.0 Å². The smallest absolute Gasteiger partial charge is 0.333 e. The Bertz CT molecular complexity index is 1400. The molecular formula is C42H68O6Si3. The standard InChI is InChI=1S/C42H68O6Si3/c1-15-29-41(17-3,36(10)47-50(13,14)35(9)31-45-39(43)33(5)6)51(37-25-21-19-22-26-37,38-27-23-20-24-28-38)48-42(18-4,30-16-2)49(11,12)32-46-40(44)34(7)8/h19-28,35-36H,5,7,15-18,29-32H2,1-4,6,8-14H3. The normalized spacial score (nSPS) is 15.9. The lowest BCUT2D eigenvalue weighted by Gasteiger charge is -2.59. The van der Waals surface area contributed by atoms with Crippen LogP contribution in [0.2, 0.25) is 36.8 Å². The molecule has 4 atom stereocenters. The molecule has 4 unspecified atom stereocenters. The third-order valence-electron chi connectivity index (χ3n) is 11.4. The maximum absolute atomic E-state index is 12.8. The molecule has 9 heteroatoms. The van der Waals surface area contributed by atoms with Gasteiger partial charge in [0.2, 0.25) is 0 Å². The highest BCUT2D eigenvalue weighted by Gasteiger charge is 2.64. The molecule has 0 amide bonds. The molecule has 0 aromatic heterocycles. The van der Waals surface area contributed by atoms with E-state index in [1.54, 1.807) is 13.8 Å². The maximum atomic E-state index is 12.8. The Morgan fingerprint density at radius 2 is 1.20 bits per heavy atom. The molecule has 0 spiro atoms. The summed E-state index contributed by atoms with van der Waals surface area (Å²) in [7, 11) is -8.25. The third-order valence-corrected chi connectivity index (χ3v) is 24.5. The molecule has 0 saturated heterocycles. The molecule has 0 fully saturated rings. The van der Waals surface area contributed by atoms with Gasteiger partial charge in [-0.25, -0.2) is 9.59 Å². The number of esters is 2. The van der Waals surface area contributed by atoms with E-state index >= 15 is 0 Å². The Morgan fingerprint density at radius 1 is 0.725 bits per heavy atom. The van der Waals surface area contributed by atoms with Gasteiger partial charge in [-0.1, -0.05) is 134 Å². The van der Waals surface area contributed by atoms with E-state index in [-0.39, 0.29) is 23.6 Å². The van der Waals surface area contributed by atoms with Gasteiger partial charge in [0, 0.05) is 27.8 Å². The third kappa shape index (κ3) is 9.90. The molecular weight excluding hydrogens is 685 g/mol. The maximum Gasteiger partial charge on any atom is 0.333 e. The Labute approximate surface area is 313 Å². The van der Waals surface area contributed by atoms with Crippen LogP contribution in [0.25, 0.3) is 0 Å². The largest absolute Gasteiger partial charge is 0.466 e. The fraction of sp³-hybridized carbons (Fsp3) is 0.571. The van der Waals surface area contributed by atoms with Crippen LogP contribution in [0.1, 0.15) is 93.9 Å². The monoisotopic (exact) mass is 752 g/mol. The van der Waals surface area contributed by atoms with Crippen LogP contribution in [0.3, 0.4) is 0 Å². The zero-order chi connectivity index (χ0) is 38.7. The zero-order valence-electron chi connectivity index (χ0n) is 33.9. The molecule has 51 heavy (non-hydrogen) atoms. The second-order valence-electron chi connectivity index (χ2n) is 15.8. The summed E-state index contributed by atoms with van der Waals surface area (Å²) in [6.07, 6.45) is 5.46. The molecule has 284 valence electrons. The van der Waals surface area contributed by atoms with Gasteiger partial charge in [0.05, 0.1) is 18.1 Å². The van der Waals surface area contributed by atoms with Gasteiger partial charge in [-0.3, -0.25) is 0 Å². The van der Waals surface area contributed by atoms with Gasteiger partial charge in [-0.15, -0.1) is 0 Å². The Morgan fingerprint density at radius 3 is 1.61 bits per heavy atom. The highest BCUT2D eigenvalue weighted by atomic mass is 28.4. The van der Waals surface area contributed by atoms with Crippen LogP contribution in [0.5, 0.6) is 0 Å². The van der Waals surface area contributed by atoms with Crippen LogP contribution in [-0.2, 0) is 27.9 Å². The average molecular weight is 753 g/mol. The molecule has 0 radical (unpaired) electrons. The van der Waals surface area contributed by atoms with Crippen molar-refractivity contribution >= 4 is 47.0 Å². The number of carbonyl (C=O) groups is 2. The summed E-state index contributed by atoms with van der Waals surface area (Å²) < 4.78 is 27.5. The van der Waals surface area contributed by atoms with Crippen molar-refractivity contribution in [1.29, 1.82) is 0 Å². The van der Waals surface area contributed by atoms with Gasteiger partial charge in [-0.05, 0) is 69.9 Å². The van der Waals surface area contributed by atoms with E-state index in [0.29, 0.717) is 24.0 Å². The first kappa shape index (κ1) is 44.6. The minimum Gasteiger partial charge on any atom is -0.466 e. The van der Waals surface area contributed by atoms with Crippen LogP contribution in [0.15, 0.2) is 85.0 Å². The first-order chi connectivity index (χ1) is 23.9. The molecule has 0 aliphatic carbocycles. The molecule has 2 aromatic rings. The summed E-state index contributed by atoms with van der Waals surface area (Å²) in [5, 5.41) is 1.54. The molecule has 0 N–H and O–H groups in total. The van der Waals surface area contributed by atoms with Gasteiger partial charge in [0.1, 0.15) is 8.07 Å². The van der Waals surface area contributed by atoms with Crippen molar-refractivity contribution in [3.05, 3.63) is 85.0 Å². The number of hydrogen-bond donors (Lipinski definition) is 0. The lowest BCUT2D eigenvalue weighted by Crippen LogP contribution is -2.77. The summed E-state index contributed by atoms with van der Waals surface area (Å²) in [6.45, 7) is 33.9. The van der Waals surface area contributed by atoms with Crippen LogP contribution >= 0.6 is 0 Å². The first-order valence-electron chi connectivity index (χ1n) is 19.0. The highest BCUT2D eigenvalue weighted by Crippen LogP contribution is 2.54. The Balaban J connectivity index is 3.00. The number of rotatable bonds is 22. The van der Waals surface area contributed by atoms with E-state index in [1.165, 1.54) is 10.4 Å². The number of carbonyl (C=O) groups excluding carboxylic acids is 2. The van der Waals surface area contributed by atoms with Crippen molar-refractivity contribution in [2.24, 2.45) is 0 Å². The number of benzene rings is 2. The zero-order valence-corrected chi connectivity index (χ0v) is 36.9. The highest BCUT2D eigenvalue weighted by molar-refractivity contribution is 7.00. The summed E-state index contributed by atoms with van der Waals surface area (Å²) in [5.41, 5.74) is 0.855. The molecule has 6 nitrogen and oxygen atoms in total. The SMILES string of the molecule is C=C(C)C(=O)OCC(C)[Si](C)(C)OC(C)C(CC)(CCC)[Si](OC(CC)(CCC)[Si](C)(C)COC(=O)C(=C)C)(c1ccccc1)c1ccccc1. The fourth-order valence-electron chi connectivity index (χ4n) is 7.79. The molecule has 2 rings (SSSR count). The minimum atomic E-state index is -3.30. The van der Waals surface area contributed by atoms with Gasteiger partial charge < -0.3 is 18.3 Å². The quantitative estimate of drug-likeness (QED) is 0.0678. The van der Waals surface area contributed by atoms with E-state index in [0.717, 1.165) is 38.5 Å². The number of ether oxygens (including phenoxy) is 2. The van der Waals surface area contributed by atoms with Crippen molar-refractivity contribution in [2.75, 3.05) is 12.8 Å². The fourth-order valence-corrected chi connectivity index (χ4v) is 19.8.